The van der Waals surface area contributed by atoms with E-state index < -0.39 is 41.5 Å². The van der Waals surface area contributed by atoms with Crippen LogP contribution in [0.25, 0.3) is 0 Å². The summed E-state index contributed by atoms with van der Waals surface area (Å²) in [5.41, 5.74) is -2.53. The molecule has 0 bridgehead atoms. The average molecular weight is 349 g/mol. The minimum Gasteiger partial charge on any atom is -0.399 e. The first-order valence-corrected chi connectivity index (χ1v) is 7.34. The summed E-state index contributed by atoms with van der Waals surface area (Å²) in [7, 11) is -1.17. The maximum atomic E-state index is 14.2. The molecule has 1 saturated heterocycles. The van der Waals surface area contributed by atoms with Crippen molar-refractivity contribution in [3.8, 4) is 12.1 Å². The molecule has 1 N–H and O–H groups in total. The van der Waals surface area contributed by atoms with E-state index in [2.05, 4.69) is 5.32 Å². The molecule has 1 aliphatic heterocycles. The summed E-state index contributed by atoms with van der Waals surface area (Å²) in [5.74, 6) is -4.60. The van der Waals surface area contributed by atoms with Gasteiger partial charge in [0, 0.05) is 11.7 Å². The molecule has 1 aliphatic rings. The Kier molecular flexibility index (Phi) is 4.85. The van der Waals surface area contributed by atoms with E-state index in [-0.39, 0.29) is 11.0 Å². The van der Waals surface area contributed by atoms with Gasteiger partial charge in [0.2, 0.25) is 0 Å². The number of nitriles is 2. The summed E-state index contributed by atoms with van der Waals surface area (Å²) < 4.78 is 53.0. The molecule has 0 amide bonds. The molecule has 5 nitrogen and oxygen atoms in total. The molecule has 1 aromatic carbocycles. The molecular weight excluding hydrogens is 334 g/mol. The first kappa shape index (κ1) is 18.8. The van der Waals surface area contributed by atoms with Crippen molar-refractivity contribution in [1.82, 2.24) is 0 Å². The van der Waals surface area contributed by atoms with Gasteiger partial charge in [0.05, 0.1) is 16.9 Å². The van der Waals surface area contributed by atoms with Crippen molar-refractivity contribution in [3.63, 3.8) is 0 Å². The van der Waals surface area contributed by atoms with E-state index in [1.54, 1.807) is 39.8 Å². The normalized spacial score (nSPS) is 17.6. The zero-order chi connectivity index (χ0) is 19.0. The van der Waals surface area contributed by atoms with Gasteiger partial charge in [0.1, 0.15) is 17.7 Å². The van der Waals surface area contributed by atoms with Gasteiger partial charge in [0.25, 0.3) is 0 Å². The Labute approximate surface area is 143 Å². The third-order valence-electron chi connectivity index (χ3n) is 4.30. The number of halogens is 3. The Hall–Kier alpha value is -2.49. The second-order valence-corrected chi connectivity index (χ2v) is 6.46. The number of allylic oxidation sites excluding steroid dienone is 1. The van der Waals surface area contributed by atoms with Gasteiger partial charge in [0.15, 0.2) is 17.5 Å². The molecule has 0 aliphatic carbocycles. The fourth-order valence-electron chi connectivity index (χ4n) is 2.15. The van der Waals surface area contributed by atoms with Crippen LogP contribution < -0.4 is 10.8 Å². The van der Waals surface area contributed by atoms with Crippen LogP contribution in [0.1, 0.15) is 27.7 Å². The van der Waals surface area contributed by atoms with E-state index in [1.807, 2.05) is 0 Å². The average Bonchev–Trinajstić information content (AvgIpc) is 2.75. The van der Waals surface area contributed by atoms with Crippen LogP contribution >= 0.6 is 0 Å². The van der Waals surface area contributed by atoms with Gasteiger partial charge in [-0.3, -0.25) is 0 Å². The second kappa shape index (κ2) is 6.43. The molecule has 1 fully saturated rings. The van der Waals surface area contributed by atoms with Gasteiger partial charge in [-0.05, 0) is 33.8 Å². The number of hydrogen-bond acceptors (Lipinski definition) is 5. The van der Waals surface area contributed by atoms with E-state index in [0.29, 0.717) is 0 Å². The number of hydrogen-bond donors (Lipinski definition) is 1. The zero-order valence-electron chi connectivity index (χ0n) is 14.1. The largest absolute Gasteiger partial charge is 0.497 e. The van der Waals surface area contributed by atoms with Crippen LogP contribution in [-0.2, 0) is 9.31 Å². The van der Waals surface area contributed by atoms with Crippen LogP contribution in [0.4, 0.5) is 18.9 Å². The highest BCUT2D eigenvalue weighted by atomic mass is 19.2. The topological polar surface area (TPSA) is 78.1 Å². The molecule has 25 heavy (non-hydrogen) atoms. The molecule has 9 heteroatoms. The van der Waals surface area contributed by atoms with Crippen LogP contribution in [0.3, 0.4) is 0 Å². The molecule has 1 heterocycles. The highest BCUT2D eigenvalue weighted by Gasteiger charge is 2.52. The van der Waals surface area contributed by atoms with Crippen molar-refractivity contribution >= 4 is 18.3 Å². The highest BCUT2D eigenvalue weighted by molar-refractivity contribution is 6.64. The molecule has 0 aromatic heterocycles. The van der Waals surface area contributed by atoms with E-state index in [1.165, 1.54) is 0 Å². The minimum atomic E-state index is -1.69. The van der Waals surface area contributed by atoms with Crippen molar-refractivity contribution in [1.29, 1.82) is 10.5 Å². The maximum Gasteiger partial charge on any atom is 0.497 e. The number of anilines is 1. The van der Waals surface area contributed by atoms with Gasteiger partial charge in [-0.1, -0.05) is 0 Å². The Morgan fingerprint density at radius 3 is 2.08 bits per heavy atom. The molecule has 0 unspecified atom stereocenters. The summed E-state index contributed by atoms with van der Waals surface area (Å²) in [6.07, 6.45) is 0.893. The van der Waals surface area contributed by atoms with E-state index >= 15 is 0 Å². The first-order chi connectivity index (χ1) is 11.5. The van der Waals surface area contributed by atoms with Gasteiger partial charge in [-0.2, -0.15) is 10.5 Å². The summed E-state index contributed by atoms with van der Waals surface area (Å²) in [4.78, 5) is 0. The summed E-state index contributed by atoms with van der Waals surface area (Å²) in [5, 5.41) is 19.8. The van der Waals surface area contributed by atoms with E-state index in [4.69, 9.17) is 19.8 Å². The van der Waals surface area contributed by atoms with Crippen LogP contribution in [0.5, 0.6) is 0 Å². The molecule has 0 saturated carbocycles. The lowest BCUT2D eigenvalue weighted by molar-refractivity contribution is 0.00578. The predicted octanol–water partition coefficient (Wildman–Crippen LogP) is 2.75. The monoisotopic (exact) mass is 349 g/mol. The predicted molar refractivity (Wildman–Crippen MR) is 85.0 cm³/mol. The summed E-state index contributed by atoms with van der Waals surface area (Å²) in [6.45, 7) is 7.00. The van der Waals surface area contributed by atoms with Crippen molar-refractivity contribution in [2.24, 2.45) is 0 Å². The van der Waals surface area contributed by atoms with Crippen LogP contribution in [0, 0.1) is 40.1 Å². The number of nitrogens with one attached hydrogen (secondary N) is 1. The molecule has 130 valence electrons. The molecule has 0 atom stereocenters. The Morgan fingerprint density at radius 1 is 1.08 bits per heavy atom. The Balaban J connectivity index is 2.54. The minimum absolute atomic E-state index is 0.124. The fraction of sp³-hybridized carbons (Fsp3) is 0.375. The molecule has 1 aromatic rings. The first-order valence-electron chi connectivity index (χ1n) is 7.34. The lowest BCUT2D eigenvalue weighted by Gasteiger charge is -2.32. The van der Waals surface area contributed by atoms with Crippen molar-refractivity contribution < 1.29 is 22.5 Å². The quantitative estimate of drug-likeness (QED) is 0.516. The van der Waals surface area contributed by atoms with Gasteiger partial charge < -0.3 is 14.6 Å². The fourth-order valence-corrected chi connectivity index (χ4v) is 2.15. The number of rotatable bonds is 3. The lowest BCUT2D eigenvalue weighted by Crippen LogP contribution is -2.41. The summed E-state index contributed by atoms with van der Waals surface area (Å²) >= 11 is 0. The second-order valence-electron chi connectivity index (χ2n) is 6.46. The van der Waals surface area contributed by atoms with Crippen molar-refractivity contribution in [2.75, 3.05) is 5.32 Å². The SMILES string of the molecule is CC1(C)OB(c2cc(F)c(F)c(F)c2NC=C(C#N)C#N)OC1(C)C. The van der Waals surface area contributed by atoms with Crippen molar-refractivity contribution in [2.45, 2.75) is 38.9 Å². The third-order valence-corrected chi connectivity index (χ3v) is 4.30. The van der Waals surface area contributed by atoms with E-state index in [9.17, 15) is 13.2 Å². The third kappa shape index (κ3) is 3.34. The van der Waals surface area contributed by atoms with E-state index in [0.717, 1.165) is 12.3 Å². The Bertz CT molecular complexity index is 793. The number of benzene rings is 1. The molecule has 0 spiro atoms. The van der Waals surface area contributed by atoms with Crippen molar-refractivity contribution in [3.05, 3.63) is 35.3 Å². The van der Waals surface area contributed by atoms with Crippen LogP contribution in [0.15, 0.2) is 17.8 Å². The Morgan fingerprint density at radius 2 is 1.60 bits per heavy atom. The molecular formula is C16H15BF3N3O2. The smallest absolute Gasteiger partial charge is 0.399 e. The zero-order valence-corrected chi connectivity index (χ0v) is 14.1. The standard InChI is InChI=1S/C16H15BF3N3O2/c1-15(2)16(3,4)25-17(24-15)10-5-11(18)12(19)13(20)14(10)23-8-9(6-21)7-22/h5,8,23H,1-4H3. The van der Waals surface area contributed by atoms with Crippen LogP contribution in [-0.4, -0.2) is 18.3 Å². The summed E-state index contributed by atoms with van der Waals surface area (Å²) in [6, 6.07) is 3.89. The highest BCUT2D eigenvalue weighted by Crippen LogP contribution is 2.37. The molecule has 2 rings (SSSR count). The lowest BCUT2D eigenvalue weighted by atomic mass is 9.77. The van der Waals surface area contributed by atoms with Gasteiger partial charge >= 0.3 is 7.12 Å². The number of nitrogens with zero attached hydrogens (tertiary/aromatic N) is 2. The molecule has 0 radical (unpaired) electrons. The van der Waals surface area contributed by atoms with Crippen LogP contribution in [0.2, 0.25) is 0 Å². The van der Waals surface area contributed by atoms with Gasteiger partial charge in [-0.25, -0.2) is 13.2 Å². The maximum absolute atomic E-state index is 14.2. The van der Waals surface area contributed by atoms with Gasteiger partial charge in [-0.15, -0.1) is 0 Å².